The summed E-state index contributed by atoms with van der Waals surface area (Å²) < 4.78 is 0. The number of carboxylic acid groups (broad SMARTS) is 1. The van der Waals surface area contributed by atoms with Crippen molar-refractivity contribution >= 4 is 22.7 Å². The normalized spacial score (nSPS) is 11.8. The second-order valence-electron chi connectivity index (χ2n) is 4.67. The summed E-state index contributed by atoms with van der Waals surface area (Å²) in [5, 5.41) is 18.7. The molecule has 5 heteroatoms. The molecule has 2 rings (SSSR count). The zero-order valence-corrected chi connectivity index (χ0v) is 11.4. The molecule has 1 N–H and O–H groups in total. The lowest BCUT2D eigenvalue weighted by Gasteiger charge is -2.24. The maximum atomic E-state index is 11.4. The van der Waals surface area contributed by atoms with Crippen molar-refractivity contribution in [3.63, 3.8) is 0 Å². The molecule has 0 fully saturated rings. The van der Waals surface area contributed by atoms with Gasteiger partial charge in [0.25, 0.3) is 0 Å². The molecule has 0 aliphatic rings. The number of hydrogen-bond acceptors (Lipinski definition) is 4. The molecule has 20 heavy (non-hydrogen) atoms. The Balaban J connectivity index is 2.56. The van der Waals surface area contributed by atoms with E-state index in [9.17, 15) is 9.90 Å². The molecule has 1 unspecified atom stereocenters. The number of carboxylic acids is 1. The van der Waals surface area contributed by atoms with Crippen LogP contribution in [0.2, 0.25) is 0 Å². The Labute approximate surface area is 117 Å². The van der Waals surface area contributed by atoms with E-state index in [1.165, 1.54) is 0 Å². The van der Waals surface area contributed by atoms with E-state index in [4.69, 9.17) is 5.26 Å². The molecular weight excluding hydrogens is 254 g/mol. The number of fused-ring (bicyclic) bond motifs is 1. The van der Waals surface area contributed by atoms with Crippen LogP contribution in [0.1, 0.15) is 23.7 Å². The molecule has 1 aromatic carbocycles. The van der Waals surface area contributed by atoms with Crippen LogP contribution in [0.4, 0.5) is 5.82 Å². The number of aromatic carboxylic acids is 1. The van der Waals surface area contributed by atoms with Gasteiger partial charge in [-0.15, -0.1) is 0 Å². The Morgan fingerprint density at radius 3 is 2.85 bits per heavy atom. The summed E-state index contributed by atoms with van der Waals surface area (Å²) in [6.07, 6.45) is 0.355. The van der Waals surface area contributed by atoms with E-state index in [1.54, 1.807) is 24.3 Å². The van der Waals surface area contributed by atoms with Crippen molar-refractivity contribution in [1.29, 1.82) is 5.26 Å². The SMILES string of the molecule is CC(CC#N)N(C)c1cc(C(=O)O)c2ccccc2n1. The number of nitriles is 1. The molecule has 0 saturated carbocycles. The zero-order valence-electron chi connectivity index (χ0n) is 11.4. The number of anilines is 1. The van der Waals surface area contributed by atoms with Crippen LogP contribution >= 0.6 is 0 Å². The van der Waals surface area contributed by atoms with Crippen molar-refractivity contribution in [3.05, 3.63) is 35.9 Å². The number of nitrogens with zero attached hydrogens (tertiary/aromatic N) is 3. The third kappa shape index (κ3) is 2.54. The Hall–Kier alpha value is -2.61. The second kappa shape index (κ2) is 5.57. The van der Waals surface area contributed by atoms with Gasteiger partial charge in [-0.2, -0.15) is 5.26 Å². The number of rotatable bonds is 4. The number of pyridine rings is 1. The minimum atomic E-state index is -0.980. The van der Waals surface area contributed by atoms with E-state index in [2.05, 4.69) is 11.1 Å². The summed E-state index contributed by atoms with van der Waals surface area (Å²) in [7, 11) is 1.81. The van der Waals surface area contributed by atoms with Gasteiger partial charge in [-0.05, 0) is 19.1 Å². The number of carbonyl (C=O) groups is 1. The zero-order chi connectivity index (χ0) is 14.7. The fraction of sp³-hybridized carbons (Fsp3) is 0.267. The van der Waals surface area contributed by atoms with E-state index < -0.39 is 5.97 Å². The Bertz CT molecular complexity index is 691. The van der Waals surface area contributed by atoms with Crippen molar-refractivity contribution in [2.45, 2.75) is 19.4 Å². The average Bonchev–Trinajstić information content (AvgIpc) is 2.45. The molecule has 1 heterocycles. The van der Waals surface area contributed by atoms with Crippen LogP contribution in [-0.2, 0) is 0 Å². The van der Waals surface area contributed by atoms with Gasteiger partial charge in [-0.25, -0.2) is 9.78 Å². The van der Waals surface area contributed by atoms with Gasteiger partial charge in [0.05, 0.1) is 23.6 Å². The molecular formula is C15H15N3O2. The van der Waals surface area contributed by atoms with Crippen LogP contribution in [-0.4, -0.2) is 29.1 Å². The lowest BCUT2D eigenvalue weighted by molar-refractivity contribution is 0.0699. The molecule has 102 valence electrons. The summed E-state index contributed by atoms with van der Waals surface area (Å²) in [6, 6.07) is 10.8. The molecule has 0 bridgehead atoms. The predicted molar refractivity (Wildman–Crippen MR) is 76.8 cm³/mol. The Kier molecular flexibility index (Phi) is 3.85. The highest BCUT2D eigenvalue weighted by molar-refractivity contribution is 6.03. The lowest BCUT2D eigenvalue weighted by Crippen LogP contribution is -2.29. The first-order valence-electron chi connectivity index (χ1n) is 6.27. The quantitative estimate of drug-likeness (QED) is 0.923. The molecule has 1 atom stereocenters. The van der Waals surface area contributed by atoms with Gasteiger partial charge in [-0.1, -0.05) is 18.2 Å². The Morgan fingerprint density at radius 2 is 2.20 bits per heavy atom. The van der Waals surface area contributed by atoms with Crippen molar-refractivity contribution < 1.29 is 9.90 Å². The van der Waals surface area contributed by atoms with Crippen LogP contribution < -0.4 is 4.90 Å². The van der Waals surface area contributed by atoms with E-state index in [0.29, 0.717) is 23.1 Å². The standard InChI is InChI=1S/C15H15N3O2/c1-10(7-8-16)18(2)14-9-12(15(19)20)11-5-3-4-6-13(11)17-14/h3-6,9-10H,7H2,1-2H3,(H,19,20). The summed E-state index contributed by atoms with van der Waals surface area (Å²) in [5.41, 5.74) is 0.861. The van der Waals surface area contributed by atoms with Gasteiger partial charge in [0.2, 0.25) is 0 Å². The predicted octanol–water partition coefficient (Wildman–Crippen LogP) is 2.67. The van der Waals surface area contributed by atoms with Crippen molar-refractivity contribution in [1.82, 2.24) is 4.98 Å². The Morgan fingerprint density at radius 1 is 1.50 bits per heavy atom. The van der Waals surface area contributed by atoms with E-state index in [0.717, 1.165) is 0 Å². The maximum absolute atomic E-state index is 11.4. The molecule has 0 radical (unpaired) electrons. The van der Waals surface area contributed by atoms with E-state index >= 15 is 0 Å². The molecule has 0 aliphatic heterocycles. The van der Waals surface area contributed by atoms with Crippen LogP contribution in [0.5, 0.6) is 0 Å². The molecule has 0 saturated heterocycles. The molecule has 0 spiro atoms. The van der Waals surface area contributed by atoms with Crippen molar-refractivity contribution in [2.75, 3.05) is 11.9 Å². The van der Waals surface area contributed by atoms with Crippen molar-refractivity contribution in [2.24, 2.45) is 0 Å². The third-order valence-electron chi connectivity index (χ3n) is 3.34. The third-order valence-corrected chi connectivity index (χ3v) is 3.34. The summed E-state index contributed by atoms with van der Waals surface area (Å²) in [6.45, 7) is 1.90. The lowest BCUT2D eigenvalue weighted by atomic mass is 10.1. The van der Waals surface area contributed by atoms with Crippen LogP contribution in [0, 0.1) is 11.3 Å². The molecule has 5 nitrogen and oxygen atoms in total. The highest BCUT2D eigenvalue weighted by atomic mass is 16.4. The number of para-hydroxylation sites is 1. The van der Waals surface area contributed by atoms with Crippen LogP contribution in [0.25, 0.3) is 10.9 Å². The average molecular weight is 269 g/mol. The van der Waals surface area contributed by atoms with E-state index in [-0.39, 0.29) is 11.6 Å². The van der Waals surface area contributed by atoms with Crippen LogP contribution in [0.15, 0.2) is 30.3 Å². The summed E-state index contributed by atoms with van der Waals surface area (Å²) >= 11 is 0. The van der Waals surface area contributed by atoms with Gasteiger partial charge >= 0.3 is 5.97 Å². The smallest absolute Gasteiger partial charge is 0.336 e. The molecule has 1 aromatic heterocycles. The van der Waals surface area contributed by atoms with Gasteiger partial charge in [0.1, 0.15) is 5.82 Å². The number of aromatic nitrogens is 1. The first-order valence-corrected chi connectivity index (χ1v) is 6.27. The first-order chi connectivity index (χ1) is 9.54. The molecule has 0 aliphatic carbocycles. The maximum Gasteiger partial charge on any atom is 0.336 e. The van der Waals surface area contributed by atoms with Crippen molar-refractivity contribution in [3.8, 4) is 6.07 Å². The fourth-order valence-electron chi connectivity index (χ4n) is 2.01. The minimum absolute atomic E-state index is 0.0321. The van der Waals surface area contributed by atoms with E-state index in [1.807, 2.05) is 24.9 Å². The van der Waals surface area contributed by atoms with Gasteiger partial charge in [0.15, 0.2) is 0 Å². The largest absolute Gasteiger partial charge is 0.478 e. The monoisotopic (exact) mass is 269 g/mol. The topological polar surface area (TPSA) is 77.2 Å². The van der Waals surface area contributed by atoms with Crippen LogP contribution in [0.3, 0.4) is 0 Å². The van der Waals surface area contributed by atoms with Gasteiger partial charge in [0, 0.05) is 18.5 Å². The van der Waals surface area contributed by atoms with Gasteiger partial charge < -0.3 is 10.0 Å². The minimum Gasteiger partial charge on any atom is -0.478 e. The molecule has 0 amide bonds. The number of hydrogen-bond donors (Lipinski definition) is 1. The summed E-state index contributed by atoms with van der Waals surface area (Å²) in [5.74, 6) is -0.421. The number of benzene rings is 1. The highest BCUT2D eigenvalue weighted by Crippen LogP contribution is 2.23. The second-order valence-corrected chi connectivity index (χ2v) is 4.67. The van der Waals surface area contributed by atoms with Gasteiger partial charge in [-0.3, -0.25) is 0 Å². The highest BCUT2D eigenvalue weighted by Gasteiger charge is 2.16. The fourth-order valence-corrected chi connectivity index (χ4v) is 2.01. The molecule has 2 aromatic rings. The first kappa shape index (κ1) is 13.8. The summed E-state index contributed by atoms with van der Waals surface area (Å²) in [4.78, 5) is 17.7.